The van der Waals surface area contributed by atoms with Gasteiger partial charge in [0.1, 0.15) is 11.5 Å². The summed E-state index contributed by atoms with van der Waals surface area (Å²) in [5, 5.41) is 6.03. The monoisotopic (exact) mass is 417 g/mol. The Kier molecular flexibility index (Phi) is 5.84. The Morgan fingerprint density at radius 3 is 2.58 bits per heavy atom. The Hall–Kier alpha value is -3.87. The first-order chi connectivity index (χ1) is 15.0. The average molecular weight is 417 g/mol. The van der Waals surface area contributed by atoms with Gasteiger partial charge in [-0.15, -0.1) is 0 Å². The first-order valence-corrected chi connectivity index (χ1v) is 9.91. The maximum absolute atomic E-state index is 12.8. The van der Waals surface area contributed by atoms with Crippen LogP contribution in [0.5, 0.6) is 11.5 Å². The Morgan fingerprint density at radius 1 is 1.06 bits per heavy atom. The third kappa shape index (κ3) is 4.50. The summed E-state index contributed by atoms with van der Waals surface area (Å²) in [6.45, 7) is 1.92. The van der Waals surface area contributed by atoms with Gasteiger partial charge in [0.2, 0.25) is 11.7 Å². The van der Waals surface area contributed by atoms with Gasteiger partial charge in [-0.1, -0.05) is 41.6 Å². The van der Waals surface area contributed by atoms with Crippen molar-refractivity contribution in [1.82, 2.24) is 15.0 Å². The number of aromatic nitrogens is 2. The minimum absolute atomic E-state index is 0.183. The first-order valence-electron chi connectivity index (χ1n) is 9.91. The van der Waals surface area contributed by atoms with Gasteiger partial charge in [0.15, 0.2) is 6.10 Å². The fraction of sp³-hybridized carbons (Fsp3) is 0.208. The smallest absolute Gasteiger partial charge is 0.263 e. The van der Waals surface area contributed by atoms with Gasteiger partial charge in [0.25, 0.3) is 5.91 Å². The number of amides is 1. The minimum Gasteiger partial charge on any atom is -0.497 e. The molecule has 0 spiro atoms. The molecule has 1 atom stereocenters. The Morgan fingerprint density at radius 2 is 1.81 bits per heavy atom. The lowest BCUT2D eigenvalue weighted by atomic mass is 10.1. The molecule has 1 amide bonds. The maximum atomic E-state index is 12.8. The van der Waals surface area contributed by atoms with Gasteiger partial charge in [0, 0.05) is 18.0 Å². The number of hydrogen-bond acceptors (Lipinski definition) is 6. The largest absolute Gasteiger partial charge is 0.497 e. The molecule has 7 nitrogen and oxygen atoms in total. The zero-order valence-corrected chi connectivity index (χ0v) is 17.6. The molecule has 1 heterocycles. The van der Waals surface area contributed by atoms with Crippen molar-refractivity contribution in [2.75, 3.05) is 14.2 Å². The third-order valence-electron chi connectivity index (χ3n) is 4.97. The van der Waals surface area contributed by atoms with Crippen LogP contribution in [0.4, 0.5) is 0 Å². The summed E-state index contributed by atoms with van der Waals surface area (Å²) in [5.74, 6) is 2.04. The summed E-state index contributed by atoms with van der Waals surface area (Å²) < 4.78 is 16.5. The molecule has 4 aromatic rings. The number of benzene rings is 3. The van der Waals surface area contributed by atoms with Crippen LogP contribution in [0, 0.1) is 0 Å². The lowest BCUT2D eigenvalue weighted by Crippen LogP contribution is -2.37. The number of ether oxygens (including phenoxy) is 2. The summed E-state index contributed by atoms with van der Waals surface area (Å²) in [4.78, 5) is 18.7. The summed E-state index contributed by atoms with van der Waals surface area (Å²) in [6.07, 6.45) is -0.667. The van der Waals surface area contributed by atoms with Crippen molar-refractivity contribution in [3.63, 3.8) is 0 Å². The van der Waals surface area contributed by atoms with Crippen LogP contribution < -0.4 is 9.47 Å². The molecular formula is C24H23N3O4. The highest BCUT2D eigenvalue weighted by atomic mass is 16.5. The fourth-order valence-electron chi connectivity index (χ4n) is 3.31. The van der Waals surface area contributed by atoms with E-state index >= 15 is 0 Å². The topological polar surface area (TPSA) is 77.7 Å². The molecule has 158 valence electrons. The van der Waals surface area contributed by atoms with E-state index in [-0.39, 0.29) is 12.5 Å². The predicted octanol–water partition coefficient (Wildman–Crippen LogP) is 4.32. The van der Waals surface area contributed by atoms with E-state index in [0.29, 0.717) is 17.5 Å². The van der Waals surface area contributed by atoms with Crippen molar-refractivity contribution in [2.45, 2.75) is 19.6 Å². The molecule has 0 aliphatic carbocycles. The van der Waals surface area contributed by atoms with Crippen molar-refractivity contribution in [3.8, 4) is 22.9 Å². The molecule has 1 aromatic heterocycles. The van der Waals surface area contributed by atoms with Gasteiger partial charge >= 0.3 is 0 Å². The minimum atomic E-state index is -0.667. The van der Waals surface area contributed by atoms with Crippen molar-refractivity contribution in [3.05, 3.63) is 72.6 Å². The Balaban J connectivity index is 1.41. The second-order valence-electron chi connectivity index (χ2n) is 7.17. The van der Waals surface area contributed by atoms with E-state index in [0.717, 1.165) is 22.1 Å². The van der Waals surface area contributed by atoms with E-state index in [1.807, 2.05) is 66.7 Å². The standard InChI is InChI=1S/C24H23N3O4/c1-16(30-21-10-6-8-17-7-4-5-9-20(17)21)24(28)27(2)15-22-25-23(26-31-22)18-11-13-19(29-3)14-12-18/h4-14,16H,15H2,1-3H3. The molecule has 0 saturated heterocycles. The van der Waals surface area contributed by atoms with Crippen molar-refractivity contribution >= 4 is 16.7 Å². The van der Waals surface area contributed by atoms with E-state index in [2.05, 4.69) is 10.1 Å². The molecular weight excluding hydrogens is 394 g/mol. The van der Waals surface area contributed by atoms with Crippen molar-refractivity contribution in [2.24, 2.45) is 0 Å². The second kappa shape index (κ2) is 8.87. The van der Waals surface area contributed by atoms with Crippen LogP contribution in [-0.2, 0) is 11.3 Å². The number of fused-ring (bicyclic) bond motifs is 1. The van der Waals surface area contributed by atoms with Crippen LogP contribution in [0.2, 0.25) is 0 Å². The molecule has 0 aliphatic heterocycles. The van der Waals surface area contributed by atoms with E-state index in [1.165, 1.54) is 4.90 Å². The summed E-state index contributed by atoms with van der Waals surface area (Å²) in [5.41, 5.74) is 0.803. The zero-order valence-electron chi connectivity index (χ0n) is 17.6. The molecule has 31 heavy (non-hydrogen) atoms. The van der Waals surface area contributed by atoms with Crippen LogP contribution in [0.1, 0.15) is 12.8 Å². The molecule has 0 N–H and O–H groups in total. The number of likely N-dealkylation sites (N-methyl/N-ethyl adjacent to an activating group) is 1. The summed E-state index contributed by atoms with van der Waals surface area (Å²) in [6, 6.07) is 21.1. The second-order valence-corrected chi connectivity index (χ2v) is 7.17. The summed E-state index contributed by atoms with van der Waals surface area (Å²) in [7, 11) is 3.29. The van der Waals surface area contributed by atoms with Crippen LogP contribution in [0.25, 0.3) is 22.2 Å². The van der Waals surface area contributed by atoms with E-state index < -0.39 is 6.10 Å². The Bertz CT molecular complexity index is 1180. The van der Waals surface area contributed by atoms with Gasteiger partial charge in [0.05, 0.1) is 13.7 Å². The van der Waals surface area contributed by atoms with Gasteiger partial charge in [-0.25, -0.2) is 0 Å². The number of carbonyl (C=O) groups is 1. The van der Waals surface area contributed by atoms with Crippen LogP contribution in [-0.4, -0.2) is 41.2 Å². The molecule has 0 bridgehead atoms. The number of hydrogen-bond donors (Lipinski definition) is 0. The predicted molar refractivity (Wildman–Crippen MR) is 117 cm³/mol. The molecule has 0 aliphatic rings. The molecule has 1 unspecified atom stereocenters. The fourth-order valence-corrected chi connectivity index (χ4v) is 3.31. The molecule has 3 aromatic carbocycles. The highest BCUT2D eigenvalue weighted by Gasteiger charge is 2.22. The maximum Gasteiger partial charge on any atom is 0.263 e. The number of rotatable bonds is 7. The molecule has 7 heteroatoms. The van der Waals surface area contributed by atoms with E-state index in [4.69, 9.17) is 14.0 Å². The number of carbonyl (C=O) groups excluding carboxylic acids is 1. The van der Waals surface area contributed by atoms with Gasteiger partial charge in [-0.3, -0.25) is 4.79 Å². The van der Waals surface area contributed by atoms with Crippen molar-refractivity contribution < 1.29 is 18.8 Å². The van der Waals surface area contributed by atoms with Gasteiger partial charge in [-0.05, 0) is 42.6 Å². The SMILES string of the molecule is COc1ccc(-c2noc(CN(C)C(=O)C(C)Oc3cccc4ccccc34)n2)cc1. The van der Waals surface area contributed by atoms with Crippen molar-refractivity contribution in [1.29, 1.82) is 0 Å². The normalized spacial score (nSPS) is 11.8. The van der Waals surface area contributed by atoms with Gasteiger partial charge < -0.3 is 18.9 Å². The highest BCUT2D eigenvalue weighted by Crippen LogP contribution is 2.26. The van der Waals surface area contributed by atoms with E-state index in [9.17, 15) is 4.79 Å². The molecule has 0 radical (unpaired) electrons. The molecule has 0 saturated carbocycles. The zero-order chi connectivity index (χ0) is 21.8. The van der Waals surface area contributed by atoms with Crippen LogP contribution in [0.15, 0.2) is 71.3 Å². The van der Waals surface area contributed by atoms with Crippen LogP contribution >= 0.6 is 0 Å². The number of methoxy groups -OCH3 is 1. The first kappa shape index (κ1) is 20.4. The molecule has 0 fully saturated rings. The molecule has 4 rings (SSSR count). The lowest BCUT2D eigenvalue weighted by Gasteiger charge is -2.21. The highest BCUT2D eigenvalue weighted by molar-refractivity contribution is 5.89. The lowest BCUT2D eigenvalue weighted by molar-refractivity contribution is -0.137. The van der Waals surface area contributed by atoms with Gasteiger partial charge in [-0.2, -0.15) is 4.98 Å². The third-order valence-corrected chi connectivity index (χ3v) is 4.97. The number of nitrogens with zero attached hydrogens (tertiary/aromatic N) is 3. The summed E-state index contributed by atoms with van der Waals surface area (Å²) >= 11 is 0. The average Bonchev–Trinajstić information content (AvgIpc) is 3.27. The van der Waals surface area contributed by atoms with Crippen LogP contribution in [0.3, 0.4) is 0 Å². The Labute approximate surface area is 180 Å². The van der Waals surface area contributed by atoms with E-state index in [1.54, 1.807) is 21.1 Å². The quantitative estimate of drug-likeness (QED) is 0.446.